The molecule has 0 N–H and O–H groups in total. The van der Waals surface area contributed by atoms with Crippen molar-refractivity contribution in [3.63, 3.8) is 0 Å². The minimum absolute atomic E-state index is 0.300. The topological polar surface area (TPSA) is 29.4 Å². The summed E-state index contributed by atoms with van der Waals surface area (Å²) in [5, 5.41) is 2.35. The van der Waals surface area contributed by atoms with Gasteiger partial charge in [0.25, 0.3) is 5.91 Å². The molecule has 88 valence electrons. The summed E-state index contributed by atoms with van der Waals surface area (Å²) in [6, 6.07) is 12.5. The first-order valence-corrected chi connectivity index (χ1v) is 6.11. The molecule has 0 unspecified atom stereocenters. The van der Waals surface area contributed by atoms with E-state index in [1.54, 1.807) is 24.3 Å². The number of carbonyl (C=O) groups is 1. The first-order valence-electron chi connectivity index (χ1n) is 5.35. The van der Waals surface area contributed by atoms with E-state index in [0.29, 0.717) is 26.5 Å². The van der Waals surface area contributed by atoms with Gasteiger partial charge in [0, 0.05) is 10.8 Å². The van der Waals surface area contributed by atoms with Crippen LogP contribution in [0.5, 0.6) is 0 Å². The second-order valence-electron chi connectivity index (χ2n) is 3.91. The Morgan fingerprint density at radius 2 is 1.56 bits per heavy atom. The van der Waals surface area contributed by atoms with Crippen LogP contribution in [0, 0.1) is 0 Å². The minimum atomic E-state index is -0.300. The Balaban J connectivity index is 2.45. The molecule has 2 aromatic rings. The highest BCUT2D eigenvalue weighted by atomic mass is 35.5. The molecule has 2 nitrogen and oxygen atoms in total. The Morgan fingerprint density at radius 3 is 2.28 bits per heavy atom. The highest BCUT2D eigenvalue weighted by molar-refractivity contribution is 6.40. The van der Waals surface area contributed by atoms with Gasteiger partial charge in [-0.1, -0.05) is 47.5 Å². The number of halogens is 2. The second-order valence-corrected chi connectivity index (χ2v) is 4.72. The lowest BCUT2D eigenvalue weighted by molar-refractivity contribution is -0.112. The number of fused-ring (bicyclic) bond motifs is 1. The Morgan fingerprint density at radius 1 is 0.889 bits per heavy atom. The molecule has 2 aromatic carbocycles. The molecule has 18 heavy (non-hydrogen) atoms. The van der Waals surface area contributed by atoms with Gasteiger partial charge >= 0.3 is 0 Å². The van der Waals surface area contributed by atoms with E-state index in [9.17, 15) is 4.79 Å². The van der Waals surface area contributed by atoms with E-state index in [1.165, 1.54) is 0 Å². The molecule has 4 heteroatoms. The van der Waals surface area contributed by atoms with Crippen molar-refractivity contribution in [3.8, 4) is 0 Å². The molecule has 0 aliphatic carbocycles. The van der Waals surface area contributed by atoms with Crippen LogP contribution in [-0.4, -0.2) is 5.91 Å². The van der Waals surface area contributed by atoms with Gasteiger partial charge in [-0.2, -0.15) is 0 Å². The van der Waals surface area contributed by atoms with Gasteiger partial charge in [0.15, 0.2) is 0 Å². The molecule has 0 saturated carbocycles. The normalized spacial score (nSPS) is 13.4. The standard InChI is InChI=1S/C14H7Cl2NO/c15-9-5-3-6-10(16)13(9)12-8-4-1-2-7-11(8)17-14(12)18/h1-7H. The molecule has 0 aromatic heterocycles. The van der Waals surface area contributed by atoms with E-state index in [-0.39, 0.29) is 5.91 Å². The smallest absolute Gasteiger partial charge is 0.267 e. The zero-order valence-electron chi connectivity index (χ0n) is 9.15. The van der Waals surface area contributed by atoms with Gasteiger partial charge in [-0.05, 0) is 18.2 Å². The number of rotatable bonds is 1. The number of benzene rings is 2. The summed E-state index contributed by atoms with van der Waals surface area (Å²) < 4.78 is 0. The fraction of sp³-hybridized carbons (Fsp3) is 0. The van der Waals surface area contributed by atoms with Crippen LogP contribution >= 0.6 is 23.2 Å². The van der Waals surface area contributed by atoms with Gasteiger partial charge in [0.2, 0.25) is 0 Å². The van der Waals surface area contributed by atoms with Crippen molar-refractivity contribution < 1.29 is 4.79 Å². The van der Waals surface area contributed by atoms with Crippen LogP contribution in [0.15, 0.2) is 47.5 Å². The van der Waals surface area contributed by atoms with Gasteiger partial charge in [-0.15, -0.1) is 0 Å². The maximum atomic E-state index is 12.0. The molecule has 1 amide bonds. The monoisotopic (exact) mass is 275 g/mol. The zero-order valence-corrected chi connectivity index (χ0v) is 10.7. The molecular formula is C14H7Cl2NO. The van der Waals surface area contributed by atoms with Gasteiger partial charge in [0.05, 0.1) is 21.0 Å². The summed E-state index contributed by atoms with van der Waals surface area (Å²) in [6.45, 7) is 0. The highest BCUT2D eigenvalue weighted by Crippen LogP contribution is 2.30. The molecule has 3 rings (SSSR count). The number of amides is 1. The van der Waals surface area contributed by atoms with E-state index in [4.69, 9.17) is 23.2 Å². The Labute approximate surface area is 113 Å². The maximum absolute atomic E-state index is 12.0. The molecule has 1 heterocycles. The van der Waals surface area contributed by atoms with E-state index in [1.807, 2.05) is 18.2 Å². The zero-order chi connectivity index (χ0) is 12.7. The third-order valence-corrected chi connectivity index (χ3v) is 3.45. The van der Waals surface area contributed by atoms with Crippen LogP contribution < -0.4 is 10.6 Å². The molecule has 0 bridgehead atoms. The number of para-hydroxylation sites is 1. The van der Waals surface area contributed by atoms with E-state index in [2.05, 4.69) is 4.99 Å². The predicted molar refractivity (Wildman–Crippen MR) is 71.2 cm³/mol. The van der Waals surface area contributed by atoms with Gasteiger partial charge in [-0.25, -0.2) is 4.99 Å². The lowest BCUT2D eigenvalue weighted by Gasteiger charge is -2.06. The SMILES string of the molecule is O=C1N=c2ccccc2=C1c1c(Cl)cccc1Cl. The molecule has 1 aliphatic rings. The van der Waals surface area contributed by atoms with Gasteiger partial charge in [0.1, 0.15) is 0 Å². The van der Waals surface area contributed by atoms with Crippen molar-refractivity contribution >= 4 is 34.7 Å². The maximum Gasteiger partial charge on any atom is 0.278 e. The highest BCUT2D eigenvalue weighted by Gasteiger charge is 2.22. The fourth-order valence-corrected chi connectivity index (χ4v) is 2.63. The van der Waals surface area contributed by atoms with Crippen LogP contribution in [0.4, 0.5) is 0 Å². The van der Waals surface area contributed by atoms with Crippen LogP contribution in [0.2, 0.25) is 10.0 Å². The number of hydrogen-bond acceptors (Lipinski definition) is 1. The van der Waals surface area contributed by atoms with Crippen molar-refractivity contribution in [2.45, 2.75) is 0 Å². The van der Waals surface area contributed by atoms with Gasteiger partial charge in [-0.3, -0.25) is 4.79 Å². The van der Waals surface area contributed by atoms with E-state index in [0.717, 1.165) is 5.22 Å². The Bertz CT molecular complexity index is 760. The lowest BCUT2D eigenvalue weighted by atomic mass is 10.0. The molecule has 0 fully saturated rings. The Kier molecular flexibility index (Phi) is 2.69. The average molecular weight is 276 g/mol. The third kappa shape index (κ3) is 1.65. The number of nitrogens with zero attached hydrogens (tertiary/aromatic N) is 1. The first kappa shape index (κ1) is 11.5. The molecule has 0 spiro atoms. The second kappa shape index (κ2) is 4.23. The van der Waals surface area contributed by atoms with Gasteiger partial charge < -0.3 is 0 Å². The summed E-state index contributed by atoms with van der Waals surface area (Å²) in [5.74, 6) is -0.300. The third-order valence-electron chi connectivity index (χ3n) is 2.82. The largest absolute Gasteiger partial charge is 0.278 e. The molecule has 0 atom stereocenters. The molecule has 0 radical (unpaired) electrons. The summed E-state index contributed by atoms with van der Waals surface area (Å²) in [4.78, 5) is 16.0. The molecule has 1 aliphatic heterocycles. The quantitative estimate of drug-likeness (QED) is 0.786. The molecular weight excluding hydrogens is 269 g/mol. The van der Waals surface area contributed by atoms with Crippen LogP contribution in [0.3, 0.4) is 0 Å². The van der Waals surface area contributed by atoms with E-state index >= 15 is 0 Å². The van der Waals surface area contributed by atoms with Crippen molar-refractivity contribution in [1.82, 2.24) is 0 Å². The average Bonchev–Trinajstić information content (AvgIpc) is 2.66. The number of carbonyl (C=O) groups excluding carboxylic acids is 1. The minimum Gasteiger partial charge on any atom is -0.267 e. The van der Waals surface area contributed by atoms with Crippen molar-refractivity contribution in [2.75, 3.05) is 0 Å². The van der Waals surface area contributed by atoms with Crippen molar-refractivity contribution in [2.24, 2.45) is 4.99 Å². The van der Waals surface area contributed by atoms with Crippen LogP contribution in [0.25, 0.3) is 5.57 Å². The lowest BCUT2D eigenvalue weighted by Crippen LogP contribution is -2.22. The predicted octanol–water partition coefficient (Wildman–Crippen LogP) is 2.35. The van der Waals surface area contributed by atoms with Crippen molar-refractivity contribution in [3.05, 3.63) is 68.6 Å². The summed E-state index contributed by atoms with van der Waals surface area (Å²) in [5.41, 5.74) is 1.03. The first-order chi connectivity index (χ1) is 8.68. The Hall–Kier alpha value is -1.64. The fourth-order valence-electron chi connectivity index (χ4n) is 2.04. The van der Waals surface area contributed by atoms with Crippen LogP contribution in [0.1, 0.15) is 5.56 Å². The summed E-state index contributed by atoms with van der Waals surface area (Å²) in [7, 11) is 0. The van der Waals surface area contributed by atoms with Crippen molar-refractivity contribution in [1.29, 1.82) is 0 Å². The summed E-state index contributed by atoms with van der Waals surface area (Å²) >= 11 is 12.3. The molecule has 0 saturated heterocycles. The van der Waals surface area contributed by atoms with Crippen LogP contribution in [-0.2, 0) is 4.79 Å². The summed E-state index contributed by atoms with van der Waals surface area (Å²) in [6.07, 6.45) is 0. The number of hydrogen-bond donors (Lipinski definition) is 0. The van der Waals surface area contributed by atoms with E-state index < -0.39 is 0 Å².